The Morgan fingerprint density at radius 1 is 1.20 bits per heavy atom. The van der Waals surface area contributed by atoms with Gasteiger partial charge in [-0.2, -0.15) is 0 Å². The van der Waals surface area contributed by atoms with Crippen LogP contribution in [-0.4, -0.2) is 37.0 Å². The lowest BCUT2D eigenvalue weighted by Crippen LogP contribution is -2.48. The molecule has 0 saturated carbocycles. The minimum absolute atomic E-state index is 0.125. The van der Waals surface area contributed by atoms with Gasteiger partial charge in [0.05, 0.1) is 0 Å². The largest absolute Gasteiger partial charge is 0.340 e. The van der Waals surface area contributed by atoms with E-state index in [1.54, 1.807) is 12.1 Å². The Hall–Kier alpha value is -1.85. The van der Waals surface area contributed by atoms with Gasteiger partial charge in [0.1, 0.15) is 11.1 Å². The van der Waals surface area contributed by atoms with Crippen molar-refractivity contribution in [3.05, 3.63) is 66.0 Å². The van der Waals surface area contributed by atoms with Crippen molar-refractivity contribution in [1.82, 2.24) is 10.2 Å². The Labute approximate surface area is 152 Å². The summed E-state index contributed by atoms with van der Waals surface area (Å²) in [4.78, 5) is 16.1. The first-order valence-electron chi connectivity index (χ1n) is 8.60. The van der Waals surface area contributed by atoms with Gasteiger partial charge >= 0.3 is 0 Å². The van der Waals surface area contributed by atoms with Crippen LogP contribution < -0.4 is 5.32 Å². The second kappa shape index (κ2) is 8.50. The van der Waals surface area contributed by atoms with Crippen LogP contribution in [0.4, 0.5) is 4.39 Å². The summed E-state index contributed by atoms with van der Waals surface area (Å²) in [5.74, 6) is -0.139. The second-order valence-electron chi connectivity index (χ2n) is 6.27. The number of carbonyl (C=O) groups is 1. The molecule has 1 saturated heterocycles. The van der Waals surface area contributed by atoms with Gasteiger partial charge in [0.2, 0.25) is 5.91 Å². The number of hydrogen-bond acceptors (Lipinski definition) is 3. The number of nitrogens with zero attached hydrogens (tertiary/aromatic N) is 1. The molecule has 5 heteroatoms. The fourth-order valence-corrected chi connectivity index (χ4v) is 4.23. The van der Waals surface area contributed by atoms with Crippen molar-refractivity contribution >= 4 is 17.7 Å². The van der Waals surface area contributed by atoms with Gasteiger partial charge in [-0.25, -0.2) is 4.39 Å². The molecule has 1 N–H and O–H groups in total. The van der Waals surface area contributed by atoms with Crippen LogP contribution in [0, 0.1) is 5.82 Å². The van der Waals surface area contributed by atoms with Gasteiger partial charge in [-0.1, -0.05) is 30.3 Å². The number of piperidine rings is 1. The van der Waals surface area contributed by atoms with Gasteiger partial charge in [0.25, 0.3) is 0 Å². The first kappa shape index (κ1) is 18.0. The van der Waals surface area contributed by atoms with E-state index in [9.17, 15) is 9.18 Å². The molecule has 3 nitrogen and oxygen atoms in total. The molecule has 1 aliphatic rings. The normalized spacial score (nSPS) is 18.8. The van der Waals surface area contributed by atoms with Crippen molar-refractivity contribution in [2.75, 3.05) is 20.1 Å². The highest BCUT2D eigenvalue weighted by Gasteiger charge is 2.30. The van der Waals surface area contributed by atoms with E-state index in [0.29, 0.717) is 6.04 Å². The van der Waals surface area contributed by atoms with Crippen LogP contribution in [0.15, 0.2) is 59.5 Å². The van der Waals surface area contributed by atoms with Gasteiger partial charge in [-0.3, -0.25) is 4.79 Å². The van der Waals surface area contributed by atoms with Crippen molar-refractivity contribution in [3.63, 3.8) is 0 Å². The molecule has 132 valence electrons. The predicted molar refractivity (Wildman–Crippen MR) is 100 cm³/mol. The van der Waals surface area contributed by atoms with Gasteiger partial charge in [-0.05, 0) is 49.7 Å². The van der Waals surface area contributed by atoms with Crippen LogP contribution in [0.3, 0.4) is 0 Å². The zero-order valence-electron chi connectivity index (χ0n) is 14.3. The standard InChI is InChI=1S/C20H23FN2OS/c1-22-17-8-5-13-23(14-17)20(24)19(15-6-3-2-4-7-15)25-18-11-9-16(21)10-12-18/h2-4,6-7,9-12,17,19,22H,5,8,13-14H2,1H3. The zero-order chi connectivity index (χ0) is 17.6. The summed E-state index contributed by atoms with van der Waals surface area (Å²) >= 11 is 1.48. The molecule has 0 bridgehead atoms. The molecule has 0 spiro atoms. The molecule has 3 rings (SSSR count). The molecular formula is C20H23FN2OS. The number of benzene rings is 2. The van der Waals surface area contributed by atoms with Gasteiger partial charge in [0, 0.05) is 24.0 Å². The third-order valence-corrected chi connectivity index (χ3v) is 5.79. The Bertz CT molecular complexity index is 693. The minimum Gasteiger partial charge on any atom is -0.340 e. The Morgan fingerprint density at radius 2 is 1.92 bits per heavy atom. The van der Waals surface area contributed by atoms with E-state index in [-0.39, 0.29) is 17.0 Å². The summed E-state index contributed by atoms with van der Waals surface area (Å²) in [5, 5.41) is 2.96. The topological polar surface area (TPSA) is 32.3 Å². The summed E-state index contributed by atoms with van der Waals surface area (Å²) in [7, 11) is 1.95. The summed E-state index contributed by atoms with van der Waals surface area (Å²) in [6, 6.07) is 16.5. The molecule has 0 aliphatic carbocycles. The Morgan fingerprint density at radius 3 is 2.60 bits per heavy atom. The third kappa shape index (κ3) is 4.61. The van der Waals surface area contributed by atoms with Crippen LogP contribution >= 0.6 is 11.8 Å². The van der Waals surface area contributed by atoms with Crippen LogP contribution in [0.2, 0.25) is 0 Å². The maximum Gasteiger partial charge on any atom is 0.240 e. The molecule has 2 atom stereocenters. The fraction of sp³-hybridized carbons (Fsp3) is 0.350. The molecule has 25 heavy (non-hydrogen) atoms. The number of thioether (sulfide) groups is 1. The lowest BCUT2D eigenvalue weighted by atomic mass is 10.0. The van der Waals surface area contributed by atoms with E-state index in [0.717, 1.165) is 36.4 Å². The molecule has 1 amide bonds. The number of carbonyl (C=O) groups excluding carboxylic acids is 1. The molecule has 0 radical (unpaired) electrons. The SMILES string of the molecule is CNC1CCCN(C(=O)C(Sc2ccc(F)cc2)c2ccccc2)C1. The Kier molecular flexibility index (Phi) is 6.10. The minimum atomic E-state index is -0.317. The van der Waals surface area contributed by atoms with E-state index in [2.05, 4.69) is 5.32 Å². The highest BCUT2D eigenvalue weighted by Crippen LogP contribution is 2.37. The number of nitrogens with one attached hydrogen (secondary N) is 1. The highest BCUT2D eigenvalue weighted by molar-refractivity contribution is 8.00. The van der Waals surface area contributed by atoms with E-state index in [1.807, 2.05) is 42.3 Å². The summed E-state index contributed by atoms with van der Waals surface area (Å²) in [6.07, 6.45) is 2.11. The first-order chi connectivity index (χ1) is 12.2. The van der Waals surface area contributed by atoms with Gasteiger partial charge in [-0.15, -0.1) is 11.8 Å². The summed E-state index contributed by atoms with van der Waals surface area (Å²) in [5.41, 5.74) is 0.980. The van der Waals surface area contributed by atoms with Crippen molar-refractivity contribution in [1.29, 1.82) is 0 Å². The van der Waals surface area contributed by atoms with E-state index < -0.39 is 0 Å². The average Bonchev–Trinajstić information content (AvgIpc) is 2.67. The molecule has 2 aromatic carbocycles. The van der Waals surface area contributed by atoms with Gasteiger partial charge < -0.3 is 10.2 Å². The number of hydrogen-bond donors (Lipinski definition) is 1. The molecule has 1 aliphatic heterocycles. The number of halogens is 1. The molecule has 1 heterocycles. The zero-order valence-corrected chi connectivity index (χ0v) is 15.1. The summed E-state index contributed by atoms with van der Waals surface area (Å²) < 4.78 is 13.2. The number of amides is 1. The van der Waals surface area contributed by atoms with Crippen LogP contribution in [0.25, 0.3) is 0 Å². The third-order valence-electron chi connectivity index (χ3n) is 4.54. The van der Waals surface area contributed by atoms with E-state index >= 15 is 0 Å². The smallest absolute Gasteiger partial charge is 0.240 e. The maximum absolute atomic E-state index is 13.2. The van der Waals surface area contributed by atoms with Crippen LogP contribution in [0.5, 0.6) is 0 Å². The highest BCUT2D eigenvalue weighted by atomic mass is 32.2. The van der Waals surface area contributed by atoms with E-state index in [1.165, 1.54) is 23.9 Å². The Balaban J connectivity index is 1.83. The number of likely N-dealkylation sites (N-methyl/N-ethyl adjacent to an activating group) is 1. The van der Waals surface area contributed by atoms with Crippen molar-refractivity contribution in [2.24, 2.45) is 0 Å². The molecule has 0 aromatic heterocycles. The monoisotopic (exact) mass is 358 g/mol. The van der Waals surface area contributed by atoms with Crippen LogP contribution in [0.1, 0.15) is 23.7 Å². The molecular weight excluding hydrogens is 335 g/mol. The van der Waals surface area contributed by atoms with E-state index in [4.69, 9.17) is 0 Å². The lowest BCUT2D eigenvalue weighted by Gasteiger charge is -2.34. The molecule has 2 aromatic rings. The predicted octanol–water partition coefficient (Wildman–Crippen LogP) is 3.87. The lowest BCUT2D eigenvalue weighted by molar-refractivity contribution is -0.132. The van der Waals surface area contributed by atoms with Crippen molar-refractivity contribution in [2.45, 2.75) is 29.0 Å². The first-order valence-corrected chi connectivity index (χ1v) is 9.48. The van der Waals surface area contributed by atoms with Crippen molar-refractivity contribution in [3.8, 4) is 0 Å². The average molecular weight is 358 g/mol. The number of rotatable bonds is 5. The maximum atomic E-state index is 13.2. The summed E-state index contributed by atoms with van der Waals surface area (Å²) in [6.45, 7) is 1.53. The van der Waals surface area contributed by atoms with Crippen molar-refractivity contribution < 1.29 is 9.18 Å². The molecule has 1 fully saturated rings. The van der Waals surface area contributed by atoms with Gasteiger partial charge in [0.15, 0.2) is 0 Å². The number of likely N-dealkylation sites (tertiary alicyclic amines) is 1. The molecule has 2 unspecified atom stereocenters. The second-order valence-corrected chi connectivity index (χ2v) is 7.45. The quantitative estimate of drug-likeness (QED) is 0.824. The van der Waals surface area contributed by atoms with Crippen LogP contribution in [-0.2, 0) is 4.79 Å². The fourth-order valence-electron chi connectivity index (χ4n) is 3.12.